The van der Waals surface area contributed by atoms with Gasteiger partial charge in [-0.3, -0.25) is 4.79 Å². The predicted molar refractivity (Wildman–Crippen MR) is 79.1 cm³/mol. The molecule has 0 aliphatic heterocycles. The Labute approximate surface area is 131 Å². The average Bonchev–Trinajstić information content (AvgIpc) is 2.48. The molecule has 0 atom stereocenters. The molecule has 0 amide bonds. The lowest BCUT2D eigenvalue weighted by atomic mass is 10.2. The fourth-order valence-corrected chi connectivity index (χ4v) is 2.02. The molecule has 110 valence electrons. The zero-order valence-corrected chi connectivity index (χ0v) is 12.5. The van der Waals surface area contributed by atoms with Crippen LogP contribution < -0.4 is 9.47 Å². The molecule has 3 nitrogen and oxygen atoms in total. The molecule has 0 radical (unpaired) electrons. The predicted octanol–water partition coefficient (Wildman–Crippen LogP) is 4.53. The molecule has 0 fully saturated rings. The maximum atomic E-state index is 13.6. The fraction of sp³-hybridized carbons (Fsp3) is 0.133. The molecule has 2 rings (SSSR count). The number of rotatable bonds is 5. The number of hydrogen-bond acceptors (Lipinski definition) is 3. The van der Waals surface area contributed by atoms with E-state index < -0.39 is 5.82 Å². The van der Waals surface area contributed by atoms with Gasteiger partial charge in [0.1, 0.15) is 12.4 Å². The highest BCUT2D eigenvalue weighted by molar-refractivity contribution is 6.42. The van der Waals surface area contributed by atoms with Crippen molar-refractivity contribution in [1.29, 1.82) is 0 Å². The van der Waals surface area contributed by atoms with Crippen molar-refractivity contribution in [2.45, 2.75) is 6.61 Å². The summed E-state index contributed by atoms with van der Waals surface area (Å²) in [6.45, 7) is 0.160. The zero-order chi connectivity index (χ0) is 15.4. The standard InChI is InChI=1S/C15H11Cl2FO3/c1-20-14-5-10(7-19)13(18)6-15(14)21-8-9-2-3-11(16)12(17)4-9/h2-7H,8H2,1H3. The minimum atomic E-state index is -0.671. The summed E-state index contributed by atoms with van der Waals surface area (Å²) in [4.78, 5) is 10.7. The number of aldehydes is 1. The van der Waals surface area contributed by atoms with Gasteiger partial charge in [-0.1, -0.05) is 29.3 Å². The molecule has 6 heteroatoms. The number of halogens is 3. The number of hydrogen-bond donors (Lipinski definition) is 0. The van der Waals surface area contributed by atoms with E-state index in [2.05, 4.69) is 0 Å². The van der Waals surface area contributed by atoms with Crippen LogP contribution in [0.3, 0.4) is 0 Å². The van der Waals surface area contributed by atoms with Crippen LogP contribution in [0.1, 0.15) is 15.9 Å². The highest BCUT2D eigenvalue weighted by atomic mass is 35.5. The normalized spacial score (nSPS) is 10.3. The Morgan fingerprint density at radius 1 is 1.14 bits per heavy atom. The van der Waals surface area contributed by atoms with Gasteiger partial charge in [-0.15, -0.1) is 0 Å². The Kier molecular flexibility index (Phi) is 5.04. The quantitative estimate of drug-likeness (QED) is 0.756. The topological polar surface area (TPSA) is 35.5 Å². The molecule has 0 heterocycles. The Morgan fingerprint density at radius 2 is 1.90 bits per heavy atom. The smallest absolute Gasteiger partial charge is 0.164 e. The summed E-state index contributed by atoms with van der Waals surface area (Å²) < 4.78 is 24.2. The van der Waals surface area contributed by atoms with Gasteiger partial charge in [-0.25, -0.2) is 4.39 Å². The lowest BCUT2D eigenvalue weighted by Gasteiger charge is -2.12. The van der Waals surface area contributed by atoms with E-state index >= 15 is 0 Å². The first-order valence-electron chi connectivity index (χ1n) is 5.94. The van der Waals surface area contributed by atoms with E-state index in [1.54, 1.807) is 18.2 Å². The second kappa shape index (κ2) is 6.78. The lowest BCUT2D eigenvalue weighted by Crippen LogP contribution is -2.00. The summed E-state index contributed by atoms with van der Waals surface area (Å²) in [7, 11) is 1.41. The van der Waals surface area contributed by atoms with Gasteiger partial charge in [0.25, 0.3) is 0 Å². The molecule has 0 aliphatic rings. The Hall–Kier alpha value is -1.78. The number of carbonyl (C=O) groups is 1. The van der Waals surface area contributed by atoms with Crippen molar-refractivity contribution in [2.24, 2.45) is 0 Å². The summed E-state index contributed by atoms with van der Waals surface area (Å²) in [5.74, 6) is -0.194. The largest absolute Gasteiger partial charge is 0.493 e. The number of methoxy groups -OCH3 is 1. The van der Waals surface area contributed by atoms with Gasteiger partial charge in [0.15, 0.2) is 17.8 Å². The van der Waals surface area contributed by atoms with E-state index in [9.17, 15) is 9.18 Å². The molecule has 0 spiro atoms. The fourth-order valence-electron chi connectivity index (χ4n) is 1.70. The second-order valence-electron chi connectivity index (χ2n) is 4.18. The third kappa shape index (κ3) is 3.65. The molecule has 0 saturated carbocycles. The van der Waals surface area contributed by atoms with Crippen molar-refractivity contribution < 1.29 is 18.7 Å². The molecular formula is C15H11Cl2FO3. The lowest BCUT2D eigenvalue weighted by molar-refractivity contribution is 0.111. The maximum Gasteiger partial charge on any atom is 0.164 e. The number of benzene rings is 2. The molecule has 0 unspecified atom stereocenters. The summed E-state index contributed by atoms with van der Waals surface area (Å²) in [6.07, 6.45) is 0.417. The van der Waals surface area contributed by atoms with Crippen molar-refractivity contribution in [3.05, 3.63) is 57.3 Å². The van der Waals surface area contributed by atoms with Crippen LogP contribution >= 0.6 is 23.2 Å². The number of ether oxygens (including phenoxy) is 2. The SMILES string of the molecule is COc1cc(C=O)c(F)cc1OCc1ccc(Cl)c(Cl)c1. The molecule has 0 aromatic heterocycles. The second-order valence-corrected chi connectivity index (χ2v) is 4.99. The third-order valence-electron chi connectivity index (χ3n) is 2.79. The van der Waals surface area contributed by atoms with Gasteiger partial charge in [0.2, 0.25) is 0 Å². The Morgan fingerprint density at radius 3 is 2.52 bits per heavy atom. The van der Waals surface area contributed by atoms with Crippen LogP contribution in [0.4, 0.5) is 4.39 Å². The van der Waals surface area contributed by atoms with Gasteiger partial charge in [0, 0.05) is 6.07 Å². The van der Waals surface area contributed by atoms with Crippen LogP contribution in [0.15, 0.2) is 30.3 Å². The minimum Gasteiger partial charge on any atom is -0.493 e. The van der Waals surface area contributed by atoms with Crippen LogP contribution in [0.5, 0.6) is 11.5 Å². The van der Waals surface area contributed by atoms with E-state index in [0.717, 1.165) is 11.6 Å². The van der Waals surface area contributed by atoms with Gasteiger partial charge < -0.3 is 9.47 Å². The van der Waals surface area contributed by atoms with Crippen molar-refractivity contribution in [1.82, 2.24) is 0 Å². The third-order valence-corrected chi connectivity index (χ3v) is 3.53. The zero-order valence-electron chi connectivity index (χ0n) is 11.0. The van der Waals surface area contributed by atoms with Gasteiger partial charge in [0.05, 0.1) is 22.7 Å². The van der Waals surface area contributed by atoms with Gasteiger partial charge in [-0.05, 0) is 23.8 Å². The molecule has 2 aromatic rings. The van der Waals surface area contributed by atoms with Gasteiger partial charge in [-0.2, -0.15) is 0 Å². The Balaban J connectivity index is 2.21. The van der Waals surface area contributed by atoms with E-state index in [0.29, 0.717) is 16.3 Å². The average molecular weight is 329 g/mol. The summed E-state index contributed by atoms with van der Waals surface area (Å²) in [5, 5.41) is 0.853. The molecule has 0 aliphatic carbocycles. The van der Waals surface area contributed by atoms with Crippen LogP contribution in [-0.4, -0.2) is 13.4 Å². The van der Waals surface area contributed by atoms with Crippen LogP contribution in [-0.2, 0) is 6.61 Å². The molecule has 21 heavy (non-hydrogen) atoms. The van der Waals surface area contributed by atoms with Crippen molar-refractivity contribution in [2.75, 3.05) is 7.11 Å². The minimum absolute atomic E-state index is 0.0891. The highest BCUT2D eigenvalue weighted by Gasteiger charge is 2.11. The molecule has 2 aromatic carbocycles. The van der Waals surface area contributed by atoms with Crippen molar-refractivity contribution >= 4 is 29.5 Å². The molecule has 0 N–H and O–H groups in total. The molecule has 0 bridgehead atoms. The van der Waals surface area contributed by atoms with Crippen LogP contribution in [0.25, 0.3) is 0 Å². The summed E-state index contributed by atoms with van der Waals surface area (Å²) >= 11 is 11.7. The van der Waals surface area contributed by atoms with E-state index in [4.69, 9.17) is 32.7 Å². The summed E-state index contributed by atoms with van der Waals surface area (Å²) in [6, 6.07) is 7.45. The van der Waals surface area contributed by atoms with E-state index in [1.807, 2.05) is 0 Å². The van der Waals surface area contributed by atoms with Crippen LogP contribution in [0.2, 0.25) is 10.0 Å². The van der Waals surface area contributed by atoms with Crippen molar-refractivity contribution in [3.8, 4) is 11.5 Å². The monoisotopic (exact) mass is 328 g/mol. The number of carbonyl (C=O) groups excluding carboxylic acids is 1. The van der Waals surface area contributed by atoms with Crippen molar-refractivity contribution in [3.63, 3.8) is 0 Å². The highest BCUT2D eigenvalue weighted by Crippen LogP contribution is 2.31. The first-order valence-corrected chi connectivity index (χ1v) is 6.70. The van der Waals surface area contributed by atoms with E-state index in [-0.39, 0.29) is 23.7 Å². The molecule has 0 saturated heterocycles. The summed E-state index contributed by atoms with van der Waals surface area (Å²) in [5.41, 5.74) is 0.681. The first kappa shape index (κ1) is 15.6. The maximum absolute atomic E-state index is 13.6. The van der Waals surface area contributed by atoms with E-state index in [1.165, 1.54) is 13.2 Å². The van der Waals surface area contributed by atoms with Crippen LogP contribution in [0, 0.1) is 5.82 Å². The first-order chi connectivity index (χ1) is 10.0. The van der Waals surface area contributed by atoms with Gasteiger partial charge >= 0.3 is 0 Å². The Bertz CT molecular complexity index is 674. The molecular weight excluding hydrogens is 318 g/mol.